The van der Waals surface area contributed by atoms with Gasteiger partial charge in [0.25, 0.3) is 0 Å². The van der Waals surface area contributed by atoms with Crippen molar-refractivity contribution in [1.29, 1.82) is 0 Å². The van der Waals surface area contributed by atoms with E-state index in [4.69, 9.17) is 0 Å². The van der Waals surface area contributed by atoms with Crippen LogP contribution in [0.1, 0.15) is 40.5 Å². The topological polar surface area (TPSA) is 35.6 Å². The number of amides is 1. The third kappa shape index (κ3) is 9.24. The minimum absolute atomic E-state index is 0.0537. The van der Waals surface area contributed by atoms with Crippen LogP contribution in [0, 0.1) is 0 Å². The third-order valence-corrected chi connectivity index (χ3v) is 4.05. The van der Waals surface area contributed by atoms with Gasteiger partial charge in [-0.25, -0.2) is 0 Å². The molecule has 0 atom stereocenters. The first-order chi connectivity index (χ1) is 11.0. The van der Waals surface area contributed by atoms with E-state index in [-0.39, 0.29) is 5.91 Å². The number of likely N-dealkylation sites (tertiary alicyclic amines) is 1. The number of carbonyl (C=O) groups is 1. The Hall–Kier alpha value is -1.55. The summed E-state index contributed by atoms with van der Waals surface area (Å²) in [5.74, 6) is 0.0537. The maximum absolute atomic E-state index is 10.9. The highest BCUT2D eigenvalue weighted by atomic mass is 16.1. The van der Waals surface area contributed by atoms with Crippen LogP contribution in [0.5, 0.6) is 0 Å². The van der Waals surface area contributed by atoms with Gasteiger partial charge < -0.3 is 15.1 Å². The van der Waals surface area contributed by atoms with Gasteiger partial charge in [-0.05, 0) is 25.8 Å². The summed E-state index contributed by atoms with van der Waals surface area (Å²) in [7, 11) is 2.17. The monoisotopic (exact) mass is 321 g/mol. The zero-order chi connectivity index (χ0) is 17.7. The summed E-state index contributed by atoms with van der Waals surface area (Å²) in [6, 6.07) is 0.607. The first kappa shape index (κ1) is 21.4. The molecule has 0 aliphatic carbocycles. The third-order valence-electron chi connectivity index (χ3n) is 4.05. The lowest BCUT2D eigenvalue weighted by molar-refractivity contribution is -0.119. The van der Waals surface area contributed by atoms with Crippen molar-refractivity contribution in [2.24, 2.45) is 0 Å². The second-order valence-corrected chi connectivity index (χ2v) is 5.60. The van der Waals surface area contributed by atoms with Crippen molar-refractivity contribution in [2.45, 2.75) is 46.6 Å². The van der Waals surface area contributed by atoms with E-state index in [1.54, 1.807) is 13.0 Å². The van der Waals surface area contributed by atoms with E-state index in [0.29, 0.717) is 6.04 Å². The highest BCUT2D eigenvalue weighted by Crippen LogP contribution is 2.18. The Kier molecular flexibility index (Phi) is 12.1. The van der Waals surface area contributed by atoms with Crippen LogP contribution in [0.3, 0.4) is 0 Å². The van der Waals surface area contributed by atoms with Gasteiger partial charge >= 0.3 is 0 Å². The van der Waals surface area contributed by atoms with Crippen LogP contribution in [0.2, 0.25) is 0 Å². The van der Waals surface area contributed by atoms with Gasteiger partial charge in [-0.3, -0.25) is 4.79 Å². The molecule has 0 saturated carbocycles. The van der Waals surface area contributed by atoms with Gasteiger partial charge in [0.15, 0.2) is 0 Å². The van der Waals surface area contributed by atoms with E-state index in [1.165, 1.54) is 18.5 Å². The zero-order valence-corrected chi connectivity index (χ0v) is 15.6. The Morgan fingerprint density at radius 2 is 1.87 bits per heavy atom. The lowest BCUT2D eigenvalue weighted by atomic mass is 10.0. The summed E-state index contributed by atoms with van der Waals surface area (Å²) < 4.78 is 0. The zero-order valence-electron chi connectivity index (χ0n) is 15.6. The molecule has 4 heteroatoms. The van der Waals surface area contributed by atoms with E-state index >= 15 is 0 Å². The average molecular weight is 322 g/mol. The SMILES string of the molecule is C=C/C=C\C=C(/C)N(C)C1CCN(CCNC(C)=O)CC1.CC. The fourth-order valence-electron chi connectivity index (χ4n) is 2.60. The van der Waals surface area contributed by atoms with E-state index in [1.807, 2.05) is 26.0 Å². The van der Waals surface area contributed by atoms with Crippen molar-refractivity contribution in [3.05, 3.63) is 36.6 Å². The Balaban J connectivity index is 0.00000232. The number of hydrogen-bond acceptors (Lipinski definition) is 3. The second kappa shape index (κ2) is 12.9. The lowest BCUT2D eigenvalue weighted by Gasteiger charge is -2.38. The van der Waals surface area contributed by atoms with Gasteiger partial charge in [0.1, 0.15) is 0 Å². The molecule has 1 N–H and O–H groups in total. The number of hydrogen-bond donors (Lipinski definition) is 1. The molecule has 0 unspecified atom stereocenters. The number of nitrogens with zero attached hydrogens (tertiary/aromatic N) is 2. The number of rotatable bonds is 7. The molecule has 23 heavy (non-hydrogen) atoms. The fourth-order valence-corrected chi connectivity index (χ4v) is 2.60. The van der Waals surface area contributed by atoms with Crippen LogP contribution in [0.25, 0.3) is 0 Å². The standard InChI is InChI=1S/C17H29N3O.C2H6/c1-5-6-7-8-15(2)19(4)17-9-12-20(13-10-17)14-11-18-16(3)21;1-2/h5-8,17H,1,9-14H2,2-4H3,(H,18,21);1-2H3/b7-6-,15-8+;. The quantitative estimate of drug-likeness (QED) is 0.732. The smallest absolute Gasteiger partial charge is 0.216 e. The highest BCUT2D eigenvalue weighted by Gasteiger charge is 2.22. The van der Waals surface area contributed by atoms with Crippen LogP contribution < -0.4 is 5.32 Å². The molecule has 132 valence electrons. The van der Waals surface area contributed by atoms with E-state index in [2.05, 4.69) is 41.7 Å². The maximum atomic E-state index is 10.9. The summed E-state index contributed by atoms with van der Waals surface area (Å²) in [6.07, 6.45) is 10.2. The van der Waals surface area contributed by atoms with Crippen molar-refractivity contribution in [3.8, 4) is 0 Å². The molecule has 1 heterocycles. The summed E-state index contributed by atoms with van der Waals surface area (Å²) in [6.45, 7) is 15.3. The van der Waals surface area contributed by atoms with Gasteiger partial charge in [-0.1, -0.05) is 38.7 Å². The number of nitrogens with one attached hydrogen (secondary N) is 1. The molecule has 0 aromatic heterocycles. The first-order valence-electron chi connectivity index (χ1n) is 8.70. The van der Waals surface area contributed by atoms with Gasteiger partial charge in [0, 0.05) is 51.9 Å². The van der Waals surface area contributed by atoms with E-state index < -0.39 is 0 Å². The molecule has 0 aromatic rings. The molecule has 1 saturated heterocycles. The summed E-state index contributed by atoms with van der Waals surface area (Å²) in [5, 5.41) is 2.86. The molecule has 4 nitrogen and oxygen atoms in total. The van der Waals surface area contributed by atoms with Gasteiger partial charge in [0.2, 0.25) is 5.91 Å². The summed E-state index contributed by atoms with van der Waals surface area (Å²) >= 11 is 0. The first-order valence-corrected chi connectivity index (χ1v) is 8.70. The Labute approximate surface area is 142 Å². The minimum Gasteiger partial charge on any atom is -0.375 e. The van der Waals surface area contributed by atoms with E-state index in [0.717, 1.165) is 26.2 Å². The molecule has 0 bridgehead atoms. The van der Waals surface area contributed by atoms with Crippen LogP contribution in [0.15, 0.2) is 36.6 Å². The van der Waals surface area contributed by atoms with Crippen LogP contribution >= 0.6 is 0 Å². The molecule has 0 radical (unpaired) electrons. The molecule has 1 aliphatic heterocycles. The Bertz CT molecular complexity index is 393. The minimum atomic E-state index is 0.0537. The molecule has 1 fully saturated rings. The molecular formula is C19H35N3O. The number of carbonyl (C=O) groups excluding carboxylic acids is 1. The molecule has 1 rings (SSSR count). The lowest BCUT2D eigenvalue weighted by Crippen LogP contribution is -2.44. The Morgan fingerprint density at radius 3 is 2.39 bits per heavy atom. The maximum Gasteiger partial charge on any atom is 0.216 e. The fraction of sp³-hybridized carbons (Fsp3) is 0.632. The van der Waals surface area contributed by atoms with Gasteiger partial charge in [-0.2, -0.15) is 0 Å². The van der Waals surface area contributed by atoms with Crippen LogP contribution in [0.4, 0.5) is 0 Å². The number of allylic oxidation sites excluding steroid dienone is 5. The van der Waals surface area contributed by atoms with Crippen molar-refractivity contribution < 1.29 is 4.79 Å². The van der Waals surface area contributed by atoms with Crippen LogP contribution in [-0.2, 0) is 4.79 Å². The van der Waals surface area contributed by atoms with Crippen LogP contribution in [-0.4, -0.2) is 55.0 Å². The van der Waals surface area contributed by atoms with Crippen molar-refractivity contribution >= 4 is 5.91 Å². The van der Waals surface area contributed by atoms with Crippen molar-refractivity contribution in [3.63, 3.8) is 0 Å². The average Bonchev–Trinajstić information content (AvgIpc) is 2.56. The van der Waals surface area contributed by atoms with Gasteiger partial charge in [0.05, 0.1) is 0 Å². The van der Waals surface area contributed by atoms with Crippen molar-refractivity contribution in [1.82, 2.24) is 15.1 Å². The summed E-state index contributed by atoms with van der Waals surface area (Å²) in [5.41, 5.74) is 1.28. The molecular weight excluding hydrogens is 286 g/mol. The molecule has 0 aromatic carbocycles. The predicted molar refractivity (Wildman–Crippen MR) is 100 cm³/mol. The normalized spacial score (nSPS) is 16.7. The van der Waals surface area contributed by atoms with E-state index in [9.17, 15) is 4.79 Å². The second-order valence-electron chi connectivity index (χ2n) is 5.60. The Morgan fingerprint density at radius 1 is 1.26 bits per heavy atom. The molecule has 1 aliphatic rings. The highest BCUT2D eigenvalue weighted by molar-refractivity contribution is 5.72. The predicted octanol–water partition coefficient (Wildman–Crippen LogP) is 3.19. The van der Waals surface area contributed by atoms with Gasteiger partial charge in [-0.15, -0.1) is 0 Å². The summed E-state index contributed by atoms with van der Waals surface area (Å²) in [4.78, 5) is 15.7. The molecule has 1 amide bonds. The number of piperidine rings is 1. The van der Waals surface area contributed by atoms with Crippen molar-refractivity contribution in [2.75, 3.05) is 33.2 Å². The largest absolute Gasteiger partial charge is 0.375 e. The molecule has 0 spiro atoms.